The maximum atomic E-state index is 8.98. The lowest BCUT2D eigenvalue weighted by molar-refractivity contribution is 0.277. The average molecular weight is 172 g/mol. The van der Waals surface area contributed by atoms with Crippen molar-refractivity contribution in [2.24, 2.45) is 5.92 Å². The van der Waals surface area contributed by atoms with Crippen molar-refractivity contribution in [3.63, 3.8) is 0 Å². The van der Waals surface area contributed by atoms with E-state index in [1.807, 2.05) is 0 Å². The molecule has 0 aromatic carbocycles. The van der Waals surface area contributed by atoms with Crippen molar-refractivity contribution in [2.75, 3.05) is 14.2 Å². The van der Waals surface area contributed by atoms with Gasteiger partial charge in [0.1, 0.15) is 0 Å². The molecule has 2 heteroatoms. The monoisotopic (exact) mass is 172 g/mol. The molecule has 0 atom stereocenters. The number of hydrogen-bond acceptors (Lipinski definition) is 2. The first-order chi connectivity index (χ1) is 5.72. The van der Waals surface area contributed by atoms with Crippen molar-refractivity contribution in [3.8, 4) is 0 Å². The van der Waals surface area contributed by atoms with Crippen LogP contribution in [0.3, 0.4) is 0 Å². The van der Waals surface area contributed by atoms with Gasteiger partial charge < -0.3 is 9.84 Å². The Morgan fingerprint density at radius 1 is 1.25 bits per heavy atom. The molecule has 0 heterocycles. The van der Waals surface area contributed by atoms with Crippen LogP contribution in [0.5, 0.6) is 0 Å². The van der Waals surface area contributed by atoms with Gasteiger partial charge in [0, 0.05) is 20.1 Å². The fourth-order valence-electron chi connectivity index (χ4n) is 1.44. The lowest BCUT2D eigenvalue weighted by Gasteiger charge is -2.19. The van der Waals surface area contributed by atoms with Gasteiger partial charge >= 0.3 is 0 Å². The van der Waals surface area contributed by atoms with Gasteiger partial charge in [0.2, 0.25) is 0 Å². The van der Waals surface area contributed by atoms with Crippen molar-refractivity contribution < 1.29 is 9.84 Å². The van der Waals surface area contributed by atoms with E-state index in [9.17, 15) is 0 Å². The summed E-state index contributed by atoms with van der Waals surface area (Å²) in [4.78, 5) is 0. The van der Waals surface area contributed by atoms with Gasteiger partial charge in [-0.3, -0.25) is 0 Å². The summed E-state index contributed by atoms with van der Waals surface area (Å²) < 4.78 is 4.25. The summed E-state index contributed by atoms with van der Waals surface area (Å²) in [6.07, 6.45) is 6.17. The molecule has 0 bridgehead atoms. The predicted octanol–water partition coefficient (Wildman–Crippen LogP) is 2.90. The summed E-state index contributed by atoms with van der Waals surface area (Å²) in [5.74, 6) is 0.813. The summed E-state index contributed by atoms with van der Waals surface area (Å²) in [6.45, 7) is 3.53. The molecule has 0 saturated heterocycles. The van der Waals surface area contributed by atoms with Crippen LogP contribution < -0.4 is 0 Å². The predicted molar refractivity (Wildman–Crippen MR) is 51.3 cm³/mol. The highest BCUT2D eigenvalue weighted by atomic mass is 16.4. The van der Waals surface area contributed by atoms with Crippen LogP contribution in [0.4, 0.5) is 0 Å². The second kappa shape index (κ2) is 7.17. The largest absolute Gasteiger partial charge is 0.513 e. The van der Waals surface area contributed by atoms with E-state index in [1.54, 1.807) is 14.2 Å². The highest BCUT2D eigenvalue weighted by molar-refractivity contribution is 4.89. The minimum atomic E-state index is 0.398. The van der Waals surface area contributed by atoms with Crippen molar-refractivity contribution in [2.45, 2.75) is 32.1 Å². The maximum Gasteiger partial charge on any atom is 0.0881 e. The second-order valence-corrected chi connectivity index (χ2v) is 3.23. The Hall–Kier alpha value is -0.500. The Morgan fingerprint density at radius 2 is 1.67 bits per heavy atom. The van der Waals surface area contributed by atoms with Gasteiger partial charge in [-0.2, -0.15) is 0 Å². The van der Waals surface area contributed by atoms with Crippen LogP contribution in [0, 0.1) is 5.92 Å². The van der Waals surface area contributed by atoms with Crippen molar-refractivity contribution in [1.29, 1.82) is 0 Å². The van der Waals surface area contributed by atoms with E-state index in [0.29, 0.717) is 11.7 Å². The molecule has 0 amide bonds. The average Bonchev–Trinajstić information content (AvgIpc) is 2.07. The molecule has 1 saturated carbocycles. The molecule has 0 aromatic rings. The molecule has 0 spiro atoms. The quantitative estimate of drug-likeness (QED) is 0.616. The van der Waals surface area contributed by atoms with E-state index < -0.39 is 0 Å². The van der Waals surface area contributed by atoms with E-state index >= 15 is 0 Å². The van der Waals surface area contributed by atoms with E-state index in [0.717, 1.165) is 12.8 Å². The molecule has 0 radical (unpaired) electrons. The highest BCUT2D eigenvalue weighted by Crippen LogP contribution is 2.27. The number of methoxy groups -OCH3 is 1. The Kier molecular flexibility index (Phi) is 6.87. The van der Waals surface area contributed by atoms with Gasteiger partial charge in [0.15, 0.2) is 0 Å². The Balaban J connectivity index is 0.000000354. The molecule has 1 rings (SSSR count). The Bertz CT molecular complexity index is 115. The molecular formula is C10H20O2. The summed E-state index contributed by atoms with van der Waals surface area (Å²) in [5, 5.41) is 8.98. The molecule has 1 aliphatic rings. The summed E-state index contributed by atoms with van der Waals surface area (Å²) in [7, 11) is 3.25. The molecule has 0 unspecified atom stereocenters. The lowest BCUT2D eigenvalue weighted by atomic mass is 9.88. The van der Waals surface area contributed by atoms with Crippen LogP contribution in [0.1, 0.15) is 32.1 Å². The standard InChI is InChI=1S/C8H14O.C2H6O/c1-7(9)8-5-3-2-4-6-8;1-3-2/h8-9H,1-6H2;1-2H3. The number of hydrogen-bond donors (Lipinski definition) is 1. The van der Waals surface area contributed by atoms with Gasteiger partial charge in [0.25, 0.3) is 0 Å². The van der Waals surface area contributed by atoms with E-state index in [1.165, 1.54) is 19.3 Å². The Morgan fingerprint density at radius 3 is 1.92 bits per heavy atom. The number of allylic oxidation sites excluding steroid dienone is 1. The molecule has 0 aromatic heterocycles. The SMILES string of the molecule is C=C(O)C1CCCCC1.COC. The minimum absolute atomic E-state index is 0.398. The van der Waals surface area contributed by atoms with Gasteiger partial charge in [-0.1, -0.05) is 25.8 Å². The fraction of sp³-hybridized carbons (Fsp3) is 0.800. The zero-order valence-corrected chi connectivity index (χ0v) is 8.18. The van der Waals surface area contributed by atoms with Crippen molar-refractivity contribution >= 4 is 0 Å². The first-order valence-electron chi connectivity index (χ1n) is 4.50. The first-order valence-corrected chi connectivity index (χ1v) is 4.50. The smallest absolute Gasteiger partial charge is 0.0881 e. The number of rotatable bonds is 1. The van der Waals surface area contributed by atoms with E-state index in [-0.39, 0.29) is 0 Å². The third-order valence-electron chi connectivity index (χ3n) is 2.08. The molecule has 2 nitrogen and oxygen atoms in total. The van der Waals surface area contributed by atoms with Gasteiger partial charge in [0.05, 0.1) is 5.76 Å². The van der Waals surface area contributed by atoms with Gasteiger partial charge in [-0.15, -0.1) is 0 Å². The third-order valence-corrected chi connectivity index (χ3v) is 2.08. The van der Waals surface area contributed by atoms with Crippen LogP contribution in [-0.2, 0) is 4.74 Å². The summed E-state index contributed by atoms with van der Waals surface area (Å²) in [6, 6.07) is 0. The maximum absolute atomic E-state index is 8.98. The number of ether oxygens (including phenoxy) is 1. The lowest BCUT2D eigenvalue weighted by Crippen LogP contribution is -2.07. The zero-order valence-electron chi connectivity index (χ0n) is 8.18. The molecule has 0 aliphatic heterocycles. The van der Waals surface area contributed by atoms with E-state index in [4.69, 9.17) is 5.11 Å². The molecular weight excluding hydrogens is 152 g/mol. The number of aliphatic hydroxyl groups excluding tert-OH is 1. The second-order valence-electron chi connectivity index (χ2n) is 3.23. The fourth-order valence-corrected chi connectivity index (χ4v) is 1.44. The molecule has 72 valence electrons. The molecule has 1 fully saturated rings. The van der Waals surface area contributed by atoms with Crippen LogP contribution in [-0.4, -0.2) is 19.3 Å². The zero-order chi connectivity index (χ0) is 9.40. The van der Waals surface area contributed by atoms with Crippen LogP contribution >= 0.6 is 0 Å². The molecule has 1 N–H and O–H groups in total. The van der Waals surface area contributed by atoms with Crippen LogP contribution in [0.2, 0.25) is 0 Å². The topological polar surface area (TPSA) is 29.5 Å². The summed E-state index contributed by atoms with van der Waals surface area (Å²) >= 11 is 0. The van der Waals surface area contributed by atoms with Crippen LogP contribution in [0.15, 0.2) is 12.3 Å². The van der Waals surface area contributed by atoms with E-state index in [2.05, 4.69) is 11.3 Å². The Labute approximate surface area is 75.2 Å². The number of aliphatic hydroxyl groups is 1. The molecule has 1 aliphatic carbocycles. The minimum Gasteiger partial charge on any atom is -0.513 e. The third kappa shape index (κ3) is 5.19. The van der Waals surface area contributed by atoms with Crippen molar-refractivity contribution in [3.05, 3.63) is 12.3 Å². The van der Waals surface area contributed by atoms with Gasteiger partial charge in [-0.25, -0.2) is 0 Å². The molecule has 12 heavy (non-hydrogen) atoms. The highest BCUT2D eigenvalue weighted by Gasteiger charge is 2.14. The first kappa shape index (κ1) is 11.5. The van der Waals surface area contributed by atoms with Gasteiger partial charge in [-0.05, 0) is 12.8 Å². The van der Waals surface area contributed by atoms with Crippen LogP contribution in [0.25, 0.3) is 0 Å². The summed E-state index contributed by atoms with van der Waals surface area (Å²) in [5.41, 5.74) is 0. The normalized spacial score (nSPS) is 17.8. The van der Waals surface area contributed by atoms with Crippen molar-refractivity contribution in [1.82, 2.24) is 0 Å².